The third kappa shape index (κ3) is 4.09. The number of halogens is 2. The predicted molar refractivity (Wildman–Crippen MR) is 59.4 cm³/mol. The van der Waals surface area contributed by atoms with Crippen LogP contribution in [-0.4, -0.2) is 12.8 Å². The topological polar surface area (TPSA) is 9.23 Å². The number of rotatable bonds is 5. The van der Waals surface area contributed by atoms with Crippen molar-refractivity contribution in [3.63, 3.8) is 0 Å². The fraction of sp³-hybridized carbons (Fsp3) is 0.455. The molecule has 0 amide bonds. The van der Waals surface area contributed by atoms with Crippen LogP contribution >= 0.6 is 15.9 Å². The molecule has 1 atom stereocenters. The van der Waals surface area contributed by atoms with Gasteiger partial charge in [0.2, 0.25) is 0 Å². The normalized spacial score (nSPS) is 12.5. The van der Waals surface area contributed by atoms with Crippen LogP contribution in [0.25, 0.3) is 0 Å². The number of hydrogen-bond acceptors (Lipinski definition) is 1. The summed E-state index contributed by atoms with van der Waals surface area (Å²) >= 11 is 3.34. The maximum absolute atomic E-state index is 12.8. The molecule has 0 bridgehead atoms. The molecule has 1 unspecified atom stereocenters. The lowest BCUT2D eigenvalue weighted by atomic mass is 10.2. The van der Waals surface area contributed by atoms with E-state index in [1.807, 2.05) is 31.2 Å². The van der Waals surface area contributed by atoms with E-state index in [-0.39, 0.29) is 0 Å². The molecule has 78 valence electrons. The molecule has 0 saturated heterocycles. The maximum Gasteiger partial charge on any atom is 0.120 e. The highest BCUT2D eigenvalue weighted by Gasteiger charge is 2.02. The van der Waals surface area contributed by atoms with Gasteiger partial charge in [-0.3, -0.25) is 0 Å². The van der Waals surface area contributed by atoms with Crippen LogP contribution in [0, 0.1) is 0 Å². The molecule has 0 aliphatic carbocycles. The lowest BCUT2D eigenvalue weighted by Gasteiger charge is -2.07. The first-order chi connectivity index (χ1) is 6.72. The fourth-order valence-electron chi connectivity index (χ4n) is 1.07. The van der Waals surface area contributed by atoms with E-state index < -0.39 is 6.17 Å². The molecular weight excluding hydrogens is 247 g/mol. The molecule has 14 heavy (non-hydrogen) atoms. The van der Waals surface area contributed by atoms with E-state index in [1.54, 1.807) is 0 Å². The van der Waals surface area contributed by atoms with Gasteiger partial charge in [-0.25, -0.2) is 4.39 Å². The molecule has 0 saturated carbocycles. The predicted octanol–water partition coefficient (Wildman–Crippen LogP) is 3.97. The van der Waals surface area contributed by atoms with Crippen LogP contribution in [0.5, 0.6) is 5.75 Å². The van der Waals surface area contributed by atoms with Crippen LogP contribution in [0.4, 0.5) is 4.39 Å². The summed E-state index contributed by atoms with van der Waals surface area (Å²) < 4.78 is 19.2. The molecule has 1 aromatic rings. The van der Waals surface area contributed by atoms with Crippen LogP contribution in [0.15, 0.2) is 28.7 Å². The minimum absolute atomic E-state index is 0.436. The quantitative estimate of drug-likeness (QED) is 0.779. The molecule has 0 radical (unpaired) electrons. The smallest absolute Gasteiger partial charge is 0.120 e. The highest BCUT2D eigenvalue weighted by molar-refractivity contribution is 9.10. The van der Waals surface area contributed by atoms with E-state index in [0.29, 0.717) is 19.4 Å². The summed E-state index contributed by atoms with van der Waals surface area (Å²) in [5.74, 6) is 0.780. The maximum atomic E-state index is 12.8. The zero-order chi connectivity index (χ0) is 10.4. The van der Waals surface area contributed by atoms with Gasteiger partial charge in [-0.2, -0.15) is 0 Å². The second-order valence-corrected chi connectivity index (χ2v) is 4.02. The van der Waals surface area contributed by atoms with Gasteiger partial charge in [0.25, 0.3) is 0 Å². The monoisotopic (exact) mass is 260 g/mol. The van der Waals surface area contributed by atoms with E-state index in [2.05, 4.69) is 15.9 Å². The van der Waals surface area contributed by atoms with Crippen molar-refractivity contribution in [2.75, 3.05) is 6.61 Å². The SMILES string of the molecule is CCC(F)CCOc1cccc(Br)c1. The largest absolute Gasteiger partial charge is 0.493 e. The highest BCUT2D eigenvalue weighted by atomic mass is 79.9. The van der Waals surface area contributed by atoms with Crippen LogP contribution in [0.2, 0.25) is 0 Å². The summed E-state index contributed by atoms with van der Waals surface area (Å²) in [7, 11) is 0. The van der Waals surface area contributed by atoms with Gasteiger partial charge in [-0.05, 0) is 24.6 Å². The minimum atomic E-state index is -0.748. The molecule has 1 rings (SSSR count). The first kappa shape index (κ1) is 11.5. The van der Waals surface area contributed by atoms with E-state index in [9.17, 15) is 4.39 Å². The average molecular weight is 261 g/mol. The van der Waals surface area contributed by atoms with Crippen LogP contribution < -0.4 is 4.74 Å². The molecule has 3 heteroatoms. The molecule has 1 aromatic carbocycles. The lowest BCUT2D eigenvalue weighted by Crippen LogP contribution is -2.06. The first-order valence-electron chi connectivity index (χ1n) is 4.74. The number of hydrogen-bond donors (Lipinski definition) is 0. The molecule has 0 N–H and O–H groups in total. The van der Waals surface area contributed by atoms with Gasteiger partial charge in [0.1, 0.15) is 11.9 Å². The Morgan fingerprint density at radius 2 is 2.29 bits per heavy atom. The van der Waals surface area contributed by atoms with Gasteiger partial charge in [0.05, 0.1) is 6.61 Å². The zero-order valence-corrected chi connectivity index (χ0v) is 9.76. The van der Waals surface area contributed by atoms with Crippen molar-refractivity contribution in [1.82, 2.24) is 0 Å². The molecule has 0 aromatic heterocycles. The molecule has 0 spiro atoms. The number of alkyl halides is 1. The molecule has 0 aliphatic rings. The molecule has 0 aliphatic heterocycles. The van der Waals surface area contributed by atoms with Crippen molar-refractivity contribution in [2.45, 2.75) is 25.9 Å². The van der Waals surface area contributed by atoms with E-state index >= 15 is 0 Å². The Labute approximate surface area is 92.4 Å². The van der Waals surface area contributed by atoms with Crippen molar-refractivity contribution < 1.29 is 9.13 Å². The van der Waals surface area contributed by atoms with E-state index in [1.165, 1.54) is 0 Å². The van der Waals surface area contributed by atoms with Gasteiger partial charge in [0.15, 0.2) is 0 Å². The molecule has 0 fully saturated rings. The minimum Gasteiger partial charge on any atom is -0.493 e. The molecule has 0 heterocycles. The second kappa shape index (κ2) is 6.02. The summed E-state index contributed by atoms with van der Waals surface area (Å²) in [5, 5.41) is 0. The zero-order valence-electron chi connectivity index (χ0n) is 8.17. The van der Waals surface area contributed by atoms with Crippen molar-refractivity contribution >= 4 is 15.9 Å². The first-order valence-corrected chi connectivity index (χ1v) is 5.54. The van der Waals surface area contributed by atoms with Gasteiger partial charge in [-0.15, -0.1) is 0 Å². The fourth-order valence-corrected chi connectivity index (χ4v) is 1.44. The Hall–Kier alpha value is -0.570. The van der Waals surface area contributed by atoms with Crippen LogP contribution in [0.1, 0.15) is 19.8 Å². The van der Waals surface area contributed by atoms with Gasteiger partial charge >= 0.3 is 0 Å². The third-order valence-corrected chi connectivity index (χ3v) is 2.43. The molecular formula is C11H14BrFO. The van der Waals surface area contributed by atoms with Gasteiger partial charge in [-0.1, -0.05) is 28.9 Å². The number of benzene rings is 1. The van der Waals surface area contributed by atoms with Gasteiger partial charge < -0.3 is 4.74 Å². The van der Waals surface area contributed by atoms with Crippen LogP contribution in [-0.2, 0) is 0 Å². The average Bonchev–Trinajstić information content (AvgIpc) is 2.17. The van der Waals surface area contributed by atoms with Crippen molar-refractivity contribution in [3.8, 4) is 5.75 Å². The van der Waals surface area contributed by atoms with Gasteiger partial charge in [0, 0.05) is 10.9 Å². The Morgan fingerprint density at radius 1 is 1.50 bits per heavy atom. The summed E-state index contributed by atoms with van der Waals surface area (Å²) in [4.78, 5) is 0. The Bertz CT molecular complexity index is 278. The standard InChI is InChI=1S/C11H14BrFO/c1-2-10(13)6-7-14-11-5-3-4-9(12)8-11/h3-5,8,10H,2,6-7H2,1H3. The molecule has 1 nitrogen and oxygen atoms in total. The van der Waals surface area contributed by atoms with E-state index in [0.717, 1.165) is 10.2 Å². The lowest BCUT2D eigenvalue weighted by molar-refractivity contribution is 0.230. The van der Waals surface area contributed by atoms with E-state index in [4.69, 9.17) is 4.74 Å². The highest BCUT2D eigenvalue weighted by Crippen LogP contribution is 2.18. The third-order valence-electron chi connectivity index (χ3n) is 1.94. The summed E-state index contributed by atoms with van der Waals surface area (Å²) in [6.07, 6.45) is 0.271. The number of ether oxygens (including phenoxy) is 1. The Kier molecular flexibility index (Phi) is 4.94. The summed E-state index contributed by atoms with van der Waals surface area (Å²) in [6, 6.07) is 7.56. The Balaban J connectivity index is 2.31. The van der Waals surface area contributed by atoms with Crippen molar-refractivity contribution in [3.05, 3.63) is 28.7 Å². The summed E-state index contributed by atoms with van der Waals surface area (Å²) in [5.41, 5.74) is 0. The van der Waals surface area contributed by atoms with Crippen molar-refractivity contribution in [2.24, 2.45) is 0 Å². The Morgan fingerprint density at radius 3 is 2.93 bits per heavy atom. The van der Waals surface area contributed by atoms with Crippen LogP contribution in [0.3, 0.4) is 0 Å². The second-order valence-electron chi connectivity index (χ2n) is 3.10. The summed E-state index contributed by atoms with van der Waals surface area (Å²) in [6.45, 7) is 2.27. The van der Waals surface area contributed by atoms with Crippen molar-refractivity contribution in [1.29, 1.82) is 0 Å².